The van der Waals surface area contributed by atoms with Crippen molar-refractivity contribution in [3.63, 3.8) is 0 Å². The Kier molecular flexibility index (Phi) is 7.36. The van der Waals surface area contributed by atoms with Gasteiger partial charge in [-0.05, 0) is 26.3 Å². The number of ether oxygens (including phenoxy) is 1. The quantitative estimate of drug-likeness (QED) is 0.621. The molecule has 0 bridgehead atoms. The molecule has 0 radical (unpaired) electrons. The van der Waals surface area contributed by atoms with Gasteiger partial charge in [-0.3, -0.25) is 4.90 Å². The predicted octanol–water partition coefficient (Wildman–Crippen LogP) is 1.85. The van der Waals surface area contributed by atoms with Crippen molar-refractivity contribution in [1.82, 2.24) is 15.5 Å². The molecule has 2 unspecified atom stereocenters. The summed E-state index contributed by atoms with van der Waals surface area (Å²) in [7, 11) is 0. The molecular weight excluding hydrogens is 288 g/mol. The van der Waals surface area contributed by atoms with Crippen LogP contribution in [0.2, 0.25) is 0 Å². The van der Waals surface area contributed by atoms with Crippen LogP contribution in [-0.4, -0.2) is 55.8 Å². The second kappa shape index (κ2) is 9.53. The molecule has 1 aromatic carbocycles. The summed E-state index contributed by atoms with van der Waals surface area (Å²) in [6.45, 7) is 11.7. The van der Waals surface area contributed by atoms with E-state index < -0.39 is 0 Å². The van der Waals surface area contributed by atoms with Gasteiger partial charge < -0.3 is 15.4 Å². The van der Waals surface area contributed by atoms with Crippen LogP contribution in [0.1, 0.15) is 26.3 Å². The first kappa shape index (κ1) is 17.8. The Labute approximate surface area is 140 Å². The van der Waals surface area contributed by atoms with Gasteiger partial charge in [-0.1, -0.05) is 30.3 Å². The normalized spacial score (nSPS) is 21.0. The van der Waals surface area contributed by atoms with Crippen molar-refractivity contribution in [1.29, 1.82) is 0 Å². The standard InChI is InChI=1S/C18H30N4O/c1-4-19-18(21-13-17-8-6-5-7-9-17)20-12-15(2)22-10-11-23-14-16(22)3/h5-9,15-16H,4,10-14H2,1-3H3,(H2,19,20,21). The lowest BCUT2D eigenvalue weighted by Gasteiger charge is -2.38. The maximum atomic E-state index is 5.52. The fourth-order valence-corrected chi connectivity index (χ4v) is 2.85. The summed E-state index contributed by atoms with van der Waals surface area (Å²) in [5.74, 6) is 0.879. The van der Waals surface area contributed by atoms with Crippen LogP contribution < -0.4 is 10.6 Å². The van der Waals surface area contributed by atoms with Crippen LogP contribution in [0.25, 0.3) is 0 Å². The third-order valence-corrected chi connectivity index (χ3v) is 4.16. The van der Waals surface area contributed by atoms with Crippen LogP contribution in [-0.2, 0) is 11.3 Å². The maximum absolute atomic E-state index is 5.52. The lowest BCUT2D eigenvalue weighted by Crippen LogP contribution is -2.53. The molecule has 0 amide bonds. The molecule has 0 spiro atoms. The molecule has 1 aliphatic heterocycles. The van der Waals surface area contributed by atoms with Crippen molar-refractivity contribution in [2.24, 2.45) is 4.99 Å². The highest BCUT2D eigenvalue weighted by molar-refractivity contribution is 5.79. The van der Waals surface area contributed by atoms with Crippen molar-refractivity contribution in [3.05, 3.63) is 35.9 Å². The van der Waals surface area contributed by atoms with Gasteiger partial charge in [-0.25, -0.2) is 4.99 Å². The molecule has 0 aromatic heterocycles. The number of guanidine groups is 1. The molecule has 5 heteroatoms. The Morgan fingerprint density at radius 2 is 2.13 bits per heavy atom. The minimum Gasteiger partial charge on any atom is -0.379 e. The molecule has 0 aliphatic carbocycles. The SMILES string of the molecule is CCNC(=NCc1ccccc1)NCC(C)N1CCOCC1C. The summed E-state index contributed by atoms with van der Waals surface area (Å²) >= 11 is 0. The van der Waals surface area contributed by atoms with Gasteiger partial charge in [-0.2, -0.15) is 0 Å². The maximum Gasteiger partial charge on any atom is 0.191 e. The van der Waals surface area contributed by atoms with Crippen molar-refractivity contribution < 1.29 is 4.74 Å². The average molecular weight is 318 g/mol. The highest BCUT2D eigenvalue weighted by Crippen LogP contribution is 2.10. The highest BCUT2D eigenvalue weighted by atomic mass is 16.5. The highest BCUT2D eigenvalue weighted by Gasteiger charge is 2.23. The van der Waals surface area contributed by atoms with Gasteiger partial charge in [0.25, 0.3) is 0 Å². The van der Waals surface area contributed by atoms with E-state index >= 15 is 0 Å². The minimum atomic E-state index is 0.453. The first-order chi connectivity index (χ1) is 11.2. The topological polar surface area (TPSA) is 48.9 Å². The van der Waals surface area contributed by atoms with Crippen molar-refractivity contribution >= 4 is 5.96 Å². The third kappa shape index (κ3) is 5.84. The Balaban J connectivity index is 1.86. The molecule has 1 saturated heterocycles. The van der Waals surface area contributed by atoms with Gasteiger partial charge in [0.05, 0.1) is 19.8 Å². The van der Waals surface area contributed by atoms with E-state index in [1.807, 2.05) is 18.2 Å². The lowest BCUT2D eigenvalue weighted by molar-refractivity contribution is -0.0174. The van der Waals surface area contributed by atoms with E-state index in [0.717, 1.165) is 38.8 Å². The molecule has 2 rings (SSSR count). The number of nitrogens with zero attached hydrogens (tertiary/aromatic N) is 2. The van der Waals surface area contributed by atoms with Crippen LogP contribution in [0, 0.1) is 0 Å². The van der Waals surface area contributed by atoms with Gasteiger partial charge in [0.15, 0.2) is 5.96 Å². The summed E-state index contributed by atoms with van der Waals surface area (Å²) < 4.78 is 5.52. The van der Waals surface area contributed by atoms with Crippen molar-refractivity contribution in [3.8, 4) is 0 Å². The fourth-order valence-electron chi connectivity index (χ4n) is 2.85. The second-order valence-electron chi connectivity index (χ2n) is 6.07. The van der Waals surface area contributed by atoms with Gasteiger partial charge in [0.1, 0.15) is 0 Å². The zero-order chi connectivity index (χ0) is 16.5. The zero-order valence-corrected chi connectivity index (χ0v) is 14.6. The van der Waals surface area contributed by atoms with Crippen LogP contribution in [0.4, 0.5) is 0 Å². The van der Waals surface area contributed by atoms with E-state index in [4.69, 9.17) is 4.74 Å². The molecule has 128 valence electrons. The summed E-state index contributed by atoms with van der Waals surface area (Å²) in [4.78, 5) is 7.17. The minimum absolute atomic E-state index is 0.453. The van der Waals surface area contributed by atoms with Crippen molar-refractivity contribution in [2.45, 2.75) is 39.4 Å². The van der Waals surface area contributed by atoms with E-state index in [2.05, 4.69) is 53.4 Å². The molecule has 2 N–H and O–H groups in total. The fraction of sp³-hybridized carbons (Fsp3) is 0.611. The Morgan fingerprint density at radius 1 is 1.35 bits per heavy atom. The van der Waals surface area contributed by atoms with E-state index in [1.165, 1.54) is 5.56 Å². The van der Waals surface area contributed by atoms with Gasteiger partial charge >= 0.3 is 0 Å². The van der Waals surface area contributed by atoms with E-state index in [9.17, 15) is 0 Å². The van der Waals surface area contributed by atoms with Gasteiger partial charge in [0.2, 0.25) is 0 Å². The first-order valence-corrected chi connectivity index (χ1v) is 8.60. The van der Waals surface area contributed by atoms with Crippen LogP contribution in [0.15, 0.2) is 35.3 Å². The number of hydrogen-bond donors (Lipinski definition) is 2. The summed E-state index contributed by atoms with van der Waals surface area (Å²) in [6, 6.07) is 11.3. The first-order valence-electron chi connectivity index (χ1n) is 8.60. The monoisotopic (exact) mass is 318 g/mol. The second-order valence-corrected chi connectivity index (χ2v) is 6.07. The molecule has 23 heavy (non-hydrogen) atoms. The number of nitrogens with one attached hydrogen (secondary N) is 2. The Morgan fingerprint density at radius 3 is 2.83 bits per heavy atom. The smallest absolute Gasteiger partial charge is 0.191 e. The van der Waals surface area contributed by atoms with Crippen LogP contribution >= 0.6 is 0 Å². The molecule has 2 atom stereocenters. The zero-order valence-electron chi connectivity index (χ0n) is 14.6. The Bertz CT molecular complexity index is 477. The molecule has 5 nitrogen and oxygen atoms in total. The molecule has 1 fully saturated rings. The summed E-state index contributed by atoms with van der Waals surface area (Å²) in [5.41, 5.74) is 1.22. The third-order valence-electron chi connectivity index (χ3n) is 4.16. The molecular formula is C18H30N4O. The lowest BCUT2D eigenvalue weighted by atomic mass is 10.2. The summed E-state index contributed by atoms with van der Waals surface area (Å²) in [5, 5.41) is 6.78. The van der Waals surface area contributed by atoms with Gasteiger partial charge in [-0.15, -0.1) is 0 Å². The predicted molar refractivity (Wildman–Crippen MR) is 95.7 cm³/mol. The number of benzene rings is 1. The van der Waals surface area contributed by atoms with Crippen molar-refractivity contribution in [2.75, 3.05) is 32.8 Å². The Hall–Kier alpha value is -1.59. The molecule has 0 saturated carbocycles. The molecule has 1 aliphatic rings. The number of hydrogen-bond acceptors (Lipinski definition) is 3. The molecule has 1 aromatic rings. The van der Waals surface area contributed by atoms with E-state index in [1.54, 1.807) is 0 Å². The number of rotatable bonds is 6. The largest absolute Gasteiger partial charge is 0.379 e. The molecule has 1 heterocycles. The van der Waals surface area contributed by atoms with Crippen LogP contribution in [0.3, 0.4) is 0 Å². The van der Waals surface area contributed by atoms with E-state index in [0.29, 0.717) is 18.6 Å². The van der Waals surface area contributed by atoms with Gasteiger partial charge in [0, 0.05) is 31.7 Å². The van der Waals surface area contributed by atoms with Crippen LogP contribution in [0.5, 0.6) is 0 Å². The average Bonchev–Trinajstić information content (AvgIpc) is 2.58. The number of aliphatic imine (C=N–C) groups is 1. The summed E-state index contributed by atoms with van der Waals surface area (Å²) in [6.07, 6.45) is 0. The van der Waals surface area contributed by atoms with E-state index in [-0.39, 0.29) is 0 Å². The number of morpholine rings is 1.